The standard InChI is InChI=1S/C21H23FN4O2/c1-23-21(26(2)12-14-3-6-19-20(9-14)28-13-27-19)24-8-7-15-11-25-18-5-4-16(22)10-17(15)18/h3-6,9-11,25H,7-8,12-13H2,1-2H3,(H,23,24). The summed E-state index contributed by atoms with van der Waals surface area (Å²) in [5.74, 6) is 2.13. The van der Waals surface area contributed by atoms with Crippen LogP contribution in [0.4, 0.5) is 4.39 Å². The van der Waals surface area contributed by atoms with Crippen LogP contribution in [0.5, 0.6) is 11.5 Å². The number of hydrogen-bond donors (Lipinski definition) is 2. The van der Waals surface area contributed by atoms with Crippen molar-refractivity contribution in [2.75, 3.05) is 27.4 Å². The summed E-state index contributed by atoms with van der Waals surface area (Å²) in [6.45, 7) is 1.66. The number of nitrogens with zero attached hydrogens (tertiary/aromatic N) is 2. The van der Waals surface area contributed by atoms with Gasteiger partial charge in [-0.15, -0.1) is 0 Å². The highest BCUT2D eigenvalue weighted by atomic mass is 19.1. The van der Waals surface area contributed by atoms with Crippen molar-refractivity contribution in [2.45, 2.75) is 13.0 Å². The van der Waals surface area contributed by atoms with Crippen molar-refractivity contribution in [2.24, 2.45) is 4.99 Å². The fourth-order valence-corrected chi connectivity index (χ4v) is 3.44. The first-order valence-electron chi connectivity index (χ1n) is 9.20. The molecular weight excluding hydrogens is 359 g/mol. The largest absolute Gasteiger partial charge is 0.454 e. The molecule has 1 aliphatic rings. The molecule has 0 spiro atoms. The minimum atomic E-state index is -0.222. The van der Waals surface area contributed by atoms with E-state index in [4.69, 9.17) is 9.47 Å². The summed E-state index contributed by atoms with van der Waals surface area (Å²) < 4.78 is 24.3. The van der Waals surface area contributed by atoms with Crippen LogP contribution in [0.15, 0.2) is 47.6 Å². The summed E-state index contributed by atoms with van der Waals surface area (Å²) in [6, 6.07) is 10.7. The number of aromatic nitrogens is 1. The predicted octanol–water partition coefficient (Wildman–Crippen LogP) is 3.29. The van der Waals surface area contributed by atoms with E-state index < -0.39 is 0 Å². The van der Waals surface area contributed by atoms with Gasteiger partial charge in [0, 0.05) is 44.3 Å². The Hall–Kier alpha value is -3.22. The van der Waals surface area contributed by atoms with Crippen molar-refractivity contribution in [3.63, 3.8) is 0 Å². The Balaban J connectivity index is 1.35. The maximum Gasteiger partial charge on any atom is 0.231 e. The van der Waals surface area contributed by atoms with Gasteiger partial charge >= 0.3 is 0 Å². The molecule has 0 bridgehead atoms. The Labute approximate surface area is 163 Å². The number of ether oxygens (including phenoxy) is 2. The Kier molecular flexibility index (Phi) is 5.06. The summed E-state index contributed by atoms with van der Waals surface area (Å²) in [6.07, 6.45) is 2.70. The number of benzene rings is 2. The normalized spacial score (nSPS) is 13.2. The van der Waals surface area contributed by atoms with Gasteiger partial charge in [-0.05, 0) is 47.9 Å². The third kappa shape index (κ3) is 3.74. The third-order valence-electron chi connectivity index (χ3n) is 4.84. The van der Waals surface area contributed by atoms with E-state index in [0.717, 1.165) is 45.9 Å². The number of hydrogen-bond acceptors (Lipinski definition) is 3. The Morgan fingerprint density at radius 1 is 1.21 bits per heavy atom. The van der Waals surface area contributed by atoms with Crippen LogP contribution in [0.25, 0.3) is 10.9 Å². The SMILES string of the molecule is CN=C(NCCc1c[nH]c2ccc(F)cc12)N(C)Cc1ccc2c(c1)OCO2. The highest BCUT2D eigenvalue weighted by Crippen LogP contribution is 2.32. The van der Waals surface area contributed by atoms with Gasteiger partial charge in [0.15, 0.2) is 17.5 Å². The molecule has 3 aromatic rings. The lowest BCUT2D eigenvalue weighted by Gasteiger charge is -2.22. The van der Waals surface area contributed by atoms with Gasteiger partial charge in [-0.2, -0.15) is 0 Å². The van der Waals surface area contributed by atoms with Crippen LogP contribution in [-0.4, -0.2) is 43.3 Å². The summed E-state index contributed by atoms with van der Waals surface area (Å²) in [5.41, 5.74) is 3.14. The Morgan fingerprint density at radius 3 is 2.93 bits per heavy atom. The van der Waals surface area contributed by atoms with Crippen molar-refractivity contribution >= 4 is 16.9 Å². The van der Waals surface area contributed by atoms with E-state index in [0.29, 0.717) is 13.1 Å². The lowest BCUT2D eigenvalue weighted by Crippen LogP contribution is -2.39. The number of nitrogens with one attached hydrogen (secondary N) is 2. The van der Waals surface area contributed by atoms with Gasteiger partial charge in [-0.3, -0.25) is 4.99 Å². The number of H-pyrrole nitrogens is 1. The highest BCUT2D eigenvalue weighted by molar-refractivity contribution is 5.83. The van der Waals surface area contributed by atoms with E-state index in [2.05, 4.69) is 15.3 Å². The summed E-state index contributed by atoms with van der Waals surface area (Å²) in [4.78, 5) is 9.59. The molecule has 2 aromatic carbocycles. The van der Waals surface area contributed by atoms with Crippen LogP contribution in [0.2, 0.25) is 0 Å². The maximum absolute atomic E-state index is 13.5. The molecule has 1 aliphatic heterocycles. The number of rotatable bonds is 5. The molecule has 1 aromatic heterocycles. The number of fused-ring (bicyclic) bond motifs is 2. The number of aliphatic imine (C=N–C) groups is 1. The molecular formula is C21H23FN4O2. The summed E-state index contributed by atoms with van der Waals surface area (Å²) in [7, 11) is 3.75. The molecule has 0 aliphatic carbocycles. The molecule has 0 atom stereocenters. The molecule has 28 heavy (non-hydrogen) atoms. The van der Waals surface area contributed by atoms with Crippen molar-refractivity contribution in [3.8, 4) is 11.5 Å². The van der Waals surface area contributed by atoms with Gasteiger partial charge in [0.1, 0.15) is 5.82 Å². The van der Waals surface area contributed by atoms with Crippen LogP contribution in [0.1, 0.15) is 11.1 Å². The van der Waals surface area contributed by atoms with Gasteiger partial charge in [0.25, 0.3) is 0 Å². The van der Waals surface area contributed by atoms with Crippen molar-refractivity contribution in [1.29, 1.82) is 0 Å². The Morgan fingerprint density at radius 2 is 2.07 bits per heavy atom. The lowest BCUT2D eigenvalue weighted by molar-refractivity contribution is 0.174. The van der Waals surface area contributed by atoms with E-state index in [9.17, 15) is 4.39 Å². The summed E-state index contributed by atoms with van der Waals surface area (Å²) in [5, 5.41) is 4.29. The molecule has 2 heterocycles. The van der Waals surface area contributed by atoms with E-state index in [1.165, 1.54) is 6.07 Å². The molecule has 0 radical (unpaired) electrons. The topological polar surface area (TPSA) is 61.9 Å². The van der Waals surface area contributed by atoms with Crippen molar-refractivity contribution in [1.82, 2.24) is 15.2 Å². The zero-order valence-electron chi connectivity index (χ0n) is 16.0. The molecule has 0 saturated carbocycles. The average Bonchev–Trinajstić information content (AvgIpc) is 3.31. The second-order valence-electron chi connectivity index (χ2n) is 6.77. The van der Waals surface area contributed by atoms with Gasteiger partial charge < -0.3 is 24.7 Å². The van der Waals surface area contributed by atoms with Gasteiger partial charge in [0.2, 0.25) is 6.79 Å². The summed E-state index contributed by atoms with van der Waals surface area (Å²) >= 11 is 0. The quantitative estimate of drug-likeness (QED) is 0.525. The molecule has 7 heteroatoms. The fraction of sp³-hybridized carbons (Fsp3) is 0.286. The molecule has 6 nitrogen and oxygen atoms in total. The molecule has 0 unspecified atom stereocenters. The number of guanidine groups is 1. The number of halogens is 1. The first-order valence-corrected chi connectivity index (χ1v) is 9.20. The first kappa shape index (κ1) is 18.2. The molecule has 146 valence electrons. The zero-order chi connectivity index (χ0) is 19.5. The minimum Gasteiger partial charge on any atom is -0.454 e. The fourth-order valence-electron chi connectivity index (χ4n) is 3.44. The van der Waals surface area contributed by atoms with Crippen LogP contribution in [0, 0.1) is 5.82 Å². The predicted molar refractivity (Wildman–Crippen MR) is 107 cm³/mol. The van der Waals surface area contributed by atoms with Crippen LogP contribution < -0.4 is 14.8 Å². The van der Waals surface area contributed by atoms with Crippen LogP contribution in [-0.2, 0) is 13.0 Å². The van der Waals surface area contributed by atoms with E-state index in [-0.39, 0.29) is 12.6 Å². The van der Waals surface area contributed by atoms with Crippen LogP contribution >= 0.6 is 0 Å². The molecule has 0 fully saturated rings. The second-order valence-corrected chi connectivity index (χ2v) is 6.77. The maximum atomic E-state index is 13.5. The zero-order valence-corrected chi connectivity index (χ0v) is 16.0. The van der Waals surface area contributed by atoms with Gasteiger partial charge in [0.05, 0.1) is 0 Å². The monoisotopic (exact) mass is 382 g/mol. The van der Waals surface area contributed by atoms with E-state index in [1.807, 2.05) is 36.3 Å². The van der Waals surface area contributed by atoms with Crippen molar-refractivity contribution < 1.29 is 13.9 Å². The highest BCUT2D eigenvalue weighted by Gasteiger charge is 2.15. The van der Waals surface area contributed by atoms with Gasteiger partial charge in [-0.25, -0.2) is 4.39 Å². The first-order chi connectivity index (χ1) is 13.6. The average molecular weight is 382 g/mol. The molecule has 4 rings (SSSR count). The van der Waals surface area contributed by atoms with Crippen LogP contribution in [0.3, 0.4) is 0 Å². The molecule has 0 amide bonds. The van der Waals surface area contributed by atoms with Gasteiger partial charge in [-0.1, -0.05) is 6.07 Å². The number of aromatic amines is 1. The third-order valence-corrected chi connectivity index (χ3v) is 4.84. The lowest BCUT2D eigenvalue weighted by atomic mass is 10.1. The van der Waals surface area contributed by atoms with E-state index in [1.54, 1.807) is 19.2 Å². The minimum absolute atomic E-state index is 0.222. The molecule has 2 N–H and O–H groups in total. The molecule has 0 saturated heterocycles. The Bertz CT molecular complexity index is 1010. The smallest absolute Gasteiger partial charge is 0.231 e. The van der Waals surface area contributed by atoms with Crippen molar-refractivity contribution in [3.05, 3.63) is 59.5 Å². The van der Waals surface area contributed by atoms with E-state index >= 15 is 0 Å². The second kappa shape index (κ2) is 7.80.